The molecule has 0 aromatic rings. The van der Waals surface area contributed by atoms with E-state index in [9.17, 15) is 9.59 Å². The first-order valence-electron chi connectivity index (χ1n) is 6.73. The van der Waals surface area contributed by atoms with Gasteiger partial charge in [0.2, 0.25) is 0 Å². The lowest BCUT2D eigenvalue weighted by molar-refractivity contribution is -0.146. The number of unbranched alkanes of at least 4 members (excludes halogenated alkanes) is 2. The minimum absolute atomic E-state index is 0.00504. The first-order valence-corrected chi connectivity index (χ1v) is 6.73. The van der Waals surface area contributed by atoms with Crippen LogP contribution in [0.1, 0.15) is 47.0 Å². The molecule has 0 aliphatic rings. The highest BCUT2D eigenvalue weighted by Gasteiger charge is 2.25. The average molecular weight is 258 g/mol. The van der Waals surface area contributed by atoms with Gasteiger partial charge in [-0.1, -0.05) is 33.6 Å². The van der Waals surface area contributed by atoms with Crippen LogP contribution in [-0.4, -0.2) is 31.2 Å². The maximum atomic E-state index is 11.6. The van der Waals surface area contributed by atoms with Crippen molar-refractivity contribution in [3.8, 4) is 0 Å². The van der Waals surface area contributed by atoms with Crippen LogP contribution in [0.3, 0.4) is 0 Å². The Hall–Kier alpha value is -1.26. The maximum Gasteiger partial charge on any atom is 0.328 e. The molecule has 0 aromatic heterocycles. The van der Waals surface area contributed by atoms with Gasteiger partial charge in [0.25, 0.3) is 0 Å². The van der Waals surface area contributed by atoms with E-state index in [1.807, 2.05) is 13.8 Å². The summed E-state index contributed by atoms with van der Waals surface area (Å²) in [5.41, 5.74) is 0. The molecule has 18 heavy (non-hydrogen) atoms. The van der Waals surface area contributed by atoms with E-state index in [-0.39, 0.29) is 17.9 Å². The predicted molar refractivity (Wildman–Crippen MR) is 71.3 cm³/mol. The minimum atomic E-state index is -0.587. The molecule has 1 unspecified atom stereocenters. The predicted octanol–water partition coefficient (Wildman–Crippen LogP) is 2.06. The molecule has 0 spiro atoms. The van der Waals surface area contributed by atoms with Crippen molar-refractivity contribution in [2.24, 2.45) is 5.92 Å². The zero-order chi connectivity index (χ0) is 14.0. The fraction of sp³-hybridized carbons (Fsp3) is 0.846. The number of hydrogen-bond acceptors (Lipinski definition) is 3. The smallest absolute Gasteiger partial charge is 0.328 e. The molecule has 0 saturated heterocycles. The largest absolute Gasteiger partial charge is 0.464 e. The molecule has 0 bridgehead atoms. The van der Waals surface area contributed by atoms with E-state index in [0.29, 0.717) is 13.2 Å². The van der Waals surface area contributed by atoms with Crippen LogP contribution >= 0.6 is 0 Å². The van der Waals surface area contributed by atoms with E-state index in [1.165, 1.54) is 0 Å². The number of nitrogens with one attached hydrogen (secondary N) is 2. The Labute approximate surface area is 110 Å². The van der Waals surface area contributed by atoms with Gasteiger partial charge < -0.3 is 15.4 Å². The number of hydrogen-bond donors (Lipinski definition) is 2. The fourth-order valence-corrected chi connectivity index (χ4v) is 1.50. The molecule has 5 nitrogen and oxygen atoms in total. The lowest BCUT2D eigenvalue weighted by Crippen LogP contribution is -2.49. The zero-order valence-corrected chi connectivity index (χ0v) is 11.9. The Morgan fingerprint density at radius 2 is 1.83 bits per heavy atom. The van der Waals surface area contributed by atoms with Gasteiger partial charge in [0.1, 0.15) is 6.04 Å². The van der Waals surface area contributed by atoms with E-state index in [1.54, 1.807) is 6.92 Å². The molecule has 0 fully saturated rings. The van der Waals surface area contributed by atoms with Crippen molar-refractivity contribution < 1.29 is 14.3 Å². The van der Waals surface area contributed by atoms with Gasteiger partial charge in [0.15, 0.2) is 0 Å². The second kappa shape index (κ2) is 9.74. The minimum Gasteiger partial charge on any atom is -0.464 e. The maximum absolute atomic E-state index is 11.6. The van der Waals surface area contributed by atoms with Crippen molar-refractivity contribution in [3.63, 3.8) is 0 Å². The summed E-state index contributed by atoms with van der Waals surface area (Å²) in [5, 5.41) is 5.40. The second-order valence-corrected chi connectivity index (χ2v) is 4.58. The van der Waals surface area contributed by atoms with Crippen LogP contribution in [0.5, 0.6) is 0 Å². The molecule has 0 aliphatic heterocycles. The summed E-state index contributed by atoms with van der Waals surface area (Å²) < 4.78 is 4.93. The topological polar surface area (TPSA) is 67.4 Å². The quantitative estimate of drug-likeness (QED) is 0.517. The first-order chi connectivity index (χ1) is 8.52. The number of esters is 1. The standard InChI is InChI=1S/C13H26N2O3/c1-5-7-8-9-14-13(17)15-11(10(3)4)12(16)18-6-2/h10-11H,5-9H2,1-4H3,(H2,14,15,17). The van der Waals surface area contributed by atoms with Crippen molar-refractivity contribution in [3.05, 3.63) is 0 Å². The highest BCUT2D eigenvalue weighted by atomic mass is 16.5. The molecule has 1 atom stereocenters. The van der Waals surface area contributed by atoms with E-state index >= 15 is 0 Å². The van der Waals surface area contributed by atoms with Gasteiger partial charge >= 0.3 is 12.0 Å². The van der Waals surface area contributed by atoms with Crippen molar-refractivity contribution in [2.75, 3.05) is 13.2 Å². The molecule has 0 aliphatic carbocycles. The van der Waals surface area contributed by atoms with Crippen LogP contribution in [0, 0.1) is 5.92 Å². The van der Waals surface area contributed by atoms with Crippen LogP contribution < -0.4 is 10.6 Å². The van der Waals surface area contributed by atoms with Gasteiger partial charge in [-0.25, -0.2) is 9.59 Å². The zero-order valence-electron chi connectivity index (χ0n) is 11.9. The van der Waals surface area contributed by atoms with Crippen molar-refractivity contribution >= 4 is 12.0 Å². The molecule has 0 radical (unpaired) electrons. The van der Waals surface area contributed by atoms with Crippen molar-refractivity contribution in [2.45, 2.75) is 53.0 Å². The van der Waals surface area contributed by atoms with Crippen LogP contribution in [0.4, 0.5) is 4.79 Å². The lowest BCUT2D eigenvalue weighted by Gasteiger charge is -2.20. The normalized spacial score (nSPS) is 12.1. The molecule has 0 saturated carbocycles. The van der Waals surface area contributed by atoms with Gasteiger partial charge in [-0.2, -0.15) is 0 Å². The summed E-state index contributed by atoms with van der Waals surface area (Å²) in [7, 11) is 0. The van der Waals surface area contributed by atoms with E-state index in [0.717, 1.165) is 19.3 Å². The summed E-state index contributed by atoms with van der Waals surface area (Å²) in [6.45, 7) is 8.56. The number of rotatable bonds is 8. The fourth-order valence-electron chi connectivity index (χ4n) is 1.50. The summed E-state index contributed by atoms with van der Waals surface area (Å²) >= 11 is 0. The van der Waals surface area contributed by atoms with Gasteiger partial charge in [-0.15, -0.1) is 0 Å². The summed E-state index contributed by atoms with van der Waals surface area (Å²) in [6, 6.07) is -0.894. The Bertz CT molecular complexity index is 255. The second-order valence-electron chi connectivity index (χ2n) is 4.58. The number of carbonyl (C=O) groups excluding carboxylic acids is 2. The SMILES string of the molecule is CCCCCNC(=O)NC(C(=O)OCC)C(C)C. The summed E-state index contributed by atoms with van der Waals surface area (Å²) in [6.07, 6.45) is 3.15. The van der Waals surface area contributed by atoms with Crippen LogP contribution in [0.2, 0.25) is 0 Å². The molecule has 5 heteroatoms. The lowest BCUT2D eigenvalue weighted by atomic mass is 10.1. The number of urea groups is 1. The molecule has 2 amide bonds. The highest BCUT2D eigenvalue weighted by molar-refractivity contribution is 5.83. The highest BCUT2D eigenvalue weighted by Crippen LogP contribution is 2.04. The Kier molecular flexibility index (Phi) is 9.06. The van der Waals surface area contributed by atoms with Crippen LogP contribution in [0.25, 0.3) is 0 Å². The van der Waals surface area contributed by atoms with Crippen molar-refractivity contribution in [1.29, 1.82) is 0 Å². The molecule has 2 N–H and O–H groups in total. The van der Waals surface area contributed by atoms with Crippen LogP contribution in [-0.2, 0) is 9.53 Å². The van der Waals surface area contributed by atoms with Gasteiger partial charge in [0.05, 0.1) is 6.61 Å². The third kappa shape index (κ3) is 7.14. The van der Waals surface area contributed by atoms with E-state index in [4.69, 9.17) is 4.74 Å². The molecule has 0 aromatic carbocycles. The molecule has 0 rings (SSSR count). The average Bonchev–Trinajstić information content (AvgIpc) is 2.31. The van der Waals surface area contributed by atoms with E-state index < -0.39 is 6.04 Å². The molecular formula is C13H26N2O3. The third-order valence-corrected chi connectivity index (χ3v) is 2.56. The molecule has 106 valence electrons. The Balaban J connectivity index is 4.08. The Morgan fingerprint density at radius 1 is 1.17 bits per heavy atom. The van der Waals surface area contributed by atoms with Gasteiger partial charge in [-0.3, -0.25) is 0 Å². The summed E-state index contributed by atoms with van der Waals surface area (Å²) in [5.74, 6) is -0.373. The third-order valence-electron chi connectivity index (χ3n) is 2.56. The number of amides is 2. The Morgan fingerprint density at radius 3 is 2.33 bits per heavy atom. The summed E-state index contributed by atoms with van der Waals surface area (Å²) in [4.78, 5) is 23.2. The first kappa shape index (κ1) is 16.7. The molecule has 0 heterocycles. The molecular weight excluding hydrogens is 232 g/mol. The van der Waals surface area contributed by atoms with Gasteiger partial charge in [-0.05, 0) is 19.3 Å². The van der Waals surface area contributed by atoms with Gasteiger partial charge in [0, 0.05) is 6.54 Å². The van der Waals surface area contributed by atoms with E-state index in [2.05, 4.69) is 17.6 Å². The monoisotopic (exact) mass is 258 g/mol. The number of carbonyl (C=O) groups is 2. The van der Waals surface area contributed by atoms with Crippen LogP contribution in [0.15, 0.2) is 0 Å². The number of ether oxygens (including phenoxy) is 1. The van der Waals surface area contributed by atoms with Crippen molar-refractivity contribution in [1.82, 2.24) is 10.6 Å².